The molecule has 3 rings (SSSR count). The van der Waals surface area contributed by atoms with Crippen molar-refractivity contribution < 1.29 is 18.0 Å². The van der Waals surface area contributed by atoms with Crippen LogP contribution in [0.15, 0.2) is 76.1 Å². The van der Waals surface area contributed by atoms with E-state index in [2.05, 4.69) is 21.2 Å². The highest BCUT2D eigenvalue weighted by Gasteiger charge is 2.32. The van der Waals surface area contributed by atoms with E-state index in [0.29, 0.717) is 32.3 Å². The van der Waals surface area contributed by atoms with Crippen LogP contribution in [0.2, 0.25) is 10.0 Å². The number of nitrogens with zero attached hydrogens (tertiary/aromatic N) is 2. The predicted octanol–water partition coefficient (Wildman–Crippen LogP) is 6.20. The second-order valence-corrected chi connectivity index (χ2v) is 12.7. The van der Waals surface area contributed by atoms with Gasteiger partial charge in [-0.15, -0.1) is 0 Å². The predicted molar refractivity (Wildman–Crippen MR) is 160 cm³/mol. The Balaban J connectivity index is 2.04. The van der Waals surface area contributed by atoms with E-state index in [0.717, 1.165) is 16.3 Å². The van der Waals surface area contributed by atoms with Gasteiger partial charge in [0.25, 0.3) is 10.0 Å². The first-order valence-electron chi connectivity index (χ1n) is 12.3. The van der Waals surface area contributed by atoms with Gasteiger partial charge in [0.15, 0.2) is 0 Å². The average Bonchev–Trinajstić information content (AvgIpc) is 2.89. The number of amides is 2. The van der Waals surface area contributed by atoms with Crippen molar-refractivity contribution in [3.63, 3.8) is 0 Å². The highest BCUT2D eigenvalue weighted by atomic mass is 79.9. The zero-order chi connectivity index (χ0) is 28.7. The minimum Gasteiger partial charge on any atom is -0.354 e. The molecule has 0 spiro atoms. The summed E-state index contributed by atoms with van der Waals surface area (Å²) in [6, 6.07) is 17.1. The van der Waals surface area contributed by atoms with Crippen molar-refractivity contribution in [2.45, 2.75) is 44.7 Å². The fourth-order valence-electron chi connectivity index (χ4n) is 3.81. The lowest BCUT2D eigenvalue weighted by atomic mass is 10.1. The molecular formula is C28H30BrCl2N3O4S. The van der Waals surface area contributed by atoms with Gasteiger partial charge in [-0.2, -0.15) is 0 Å². The van der Waals surface area contributed by atoms with Crippen LogP contribution < -0.4 is 9.62 Å². The van der Waals surface area contributed by atoms with Gasteiger partial charge in [-0.3, -0.25) is 13.9 Å². The Hall–Kier alpha value is -2.59. The molecule has 0 aromatic heterocycles. The molecule has 0 saturated carbocycles. The molecule has 208 valence electrons. The van der Waals surface area contributed by atoms with Crippen LogP contribution in [-0.2, 0) is 26.2 Å². The molecule has 0 radical (unpaired) electrons. The number of hydrogen-bond acceptors (Lipinski definition) is 4. The highest BCUT2D eigenvalue weighted by Crippen LogP contribution is 2.28. The summed E-state index contributed by atoms with van der Waals surface area (Å²) in [5.41, 5.74) is 1.77. The Morgan fingerprint density at radius 2 is 1.72 bits per heavy atom. The second kappa shape index (κ2) is 13.7. The SMILES string of the molecule is CCCNC(=O)[C@H](C)N(Cc1ccc(Cl)cc1Cl)C(=O)CN(c1cccc(Br)c1)S(=O)(=O)c1ccc(C)cc1. The van der Waals surface area contributed by atoms with Gasteiger partial charge in [-0.05, 0) is 68.3 Å². The molecule has 0 saturated heterocycles. The summed E-state index contributed by atoms with van der Waals surface area (Å²) in [7, 11) is -4.14. The van der Waals surface area contributed by atoms with E-state index in [1.54, 1.807) is 61.5 Å². The molecule has 0 heterocycles. The first kappa shape index (κ1) is 30.9. The lowest BCUT2D eigenvalue weighted by molar-refractivity contribution is -0.139. The smallest absolute Gasteiger partial charge is 0.264 e. The van der Waals surface area contributed by atoms with Gasteiger partial charge in [0.05, 0.1) is 10.6 Å². The third-order valence-corrected chi connectivity index (χ3v) is 8.92. The topological polar surface area (TPSA) is 86.8 Å². The van der Waals surface area contributed by atoms with Gasteiger partial charge in [-0.1, -0.05) is 75.9 Å². The summed E-state index contributed by atoms with van der Waals surface area (Å²) in [4.78, 5) is 28.2. The Bertz CT molecular complexity index is 1430. The number of aryl methyl sites for hydroxylation is 1. The number of nitrogens with one attached hydrogen (secondary N) is 1. The number of anilines is 1. The van der Waals surface area contributed by atoms with Crippen LogP contribution in [0.25, 0.3) is 0 Å². The summed E-state index contributed by atoms with van der Waals surface area (Å²) in [5, 5.41) is 3.57. The highest BCUT2D eigenvalue weighted by molar-refractivity contribution is 9.10. The van der Waals surface area contributed by atoms with Crippen LogP contribution in [0.1, 0.15) is 31.4 Å². The number of carbonyl (C=O) groups is 2. The van der Waals surface area contributed by atoms with Gasteiger partial charge in [-0.25, -0.2) is 8.42 Å². The molecule has 3 aromatic rings. The molecule has 0 aliphatic carbocycles. The molecule has 39 heavy (non-hydrogen) atoms. The van der Waals surface area contributed by atoms with Crippen molar-refractivity contribution in [1.29, 1.82) is 0 Å². The molecule has 0 aliphatic heterocycles. The fraction of sp³-hybridized carbons (Fsp3) is 0.286. The van der Waals surface area contributed by atoms with Crippen LogP contribution in [0.5, 0.6) is 0 Å². The summed E-state index contributed by atoms with van der Waals surface area (Å²) in [6.07, 6.45) is 0.723. The summed E-state index contributed by atoms with van der Waals surface area (Å²) in [5.74, 6) is -0.929. The first-order chi connectivity index (χ1) is 18.4. The summed E-state index contributed by atoms with van der Waals surface area (Å²) >= 11 is 15.8. The number of sulfonamides is 1. The van der Waals surface area contributed by atoms with Crippen LogP contribution >= 0.6 is 39.1 Å². The van der Waals surface area contributed by atoms with E-state index in [9.17, 15) is 18.0 Å². The Morgan fingerprint density at radius 3 is 2.33 bits per heavy atom. The lowest BCUT2D eigenvalue weighted by Crippen LogP contribution is -2.51. The quantitative estimate of drug-likeness (QED) is 0.267. The van der Waals surface area contributed by atoms with Gasteiger partial charge in [0, 0.05) is 27.6 Å². The minimum absolute atomic E-state index is 0.0214. The zero-order valence-corrected chi connectivity index (χ0v) is 25.7. The molecule has 3 aromatic carbocycles. The first-order valence-corrected chi connectivity index (χ1v) is 15.3. The number of hydrogen-bond donors (Lipinski definition) is 1. The van der Waals surface area contributed by atoms with Gasteiger partial charge in [0.1, 0.15) is 12.6 Å². The van der Waals surface area contributed by atoms with Crippen LogP contribution in [0.3, 0.4) is 0 Å². The zero-order valence-electron chi connectivity index (χ0n) is 21.8. The molecule has 0 fully saturated rings. The van der Waals surface area contributed by atoms with Crippen molar-refractivity contribution in [3.05, 3.63) is 92.4 Å². The van der Waals surface area contributed by atoms with Crippen molar-refractivity contribution >= 4 is 66.7 Å². The molecular weight excluding hydrogens is 625 g/mol. The van der Waals surface area contributed by atoms with E-state index in [-0.39, 0.29) is 17.3 Å². The van der Waals surface area contributed by atoms with E-state index < -0.39 is 28.5 Å². The van der Waals surface area contributed by atoms with Crippen LogP contribution in [0.4, 0.5) is 5.69 Å². The Kier molecular flexibility index (Phi) is 10.8. The van der Waals surface area contributed by atoms with E-state index in [1.807, 2.05) is 13.8 Å². The van der Waals surface area contributed by atoms with E-state index >= 15 is 0 Å². The fourth-order valence-corrected chi connectivity index (χ4v) is 6.07. The van der Waals surface area contributed by atoms with Gasteiger partial charge >= 0.3 is 0 Å². The monoisotopic (exact) mass is 653 g/mol. The van der Waals surface area contributed by atoms with Crippen molar-refractivity contribution in [2.75, 3.05) is 17.4 Å². The normalized spacial score (nSPS) is 12.1. The molecule has 0 aliphatic rings. The van der Waals surface area contributed by atoms with Gasteiger partial charge < -0.3 is 10.2 Å². The lowest BCUT2D eigenvalue weighted by Gasteiger charge is -2.32. The van der Waals surface area contributed by atoms with Crippen LogP contribution in [-0.4, -0.2) is 44.3 Å². The van der Waals surface area contributed by atoms with Crippen molar-refractivity contribution in [3.8, 4) is 0 Å². The molecule has 0 unspecified atom stereocenters. The summed E-state index contributed by atoms with van der Waals surface area (Å²) in [6.45, 7) is 5.27. The van der Waals surface area contributed by atoms with Crippen molar-refractivity contribution in [1.82, 2.24) is 10.2 Å². The standard InChI is InChI=1S/C28H30BrCl2N3O4S/c1-4-14-32-28(36)20(3)33(17-21-10-11-23(30)16-26(21)31)27(35)18-34(24-7-5-6-22(29)15-24)39(37,38)25-12-8-19(2)9-13-25/h5-13,15-16,20H,4,14,17-18H2,1-3H3,(H,32,36)/t20-/m0/s1. The second-order valence-electron chi connectivity index (χ2n) is 9.03. The molecule has 1 atom stereocenters. The Labute approximate surface area is 248 Å². The minimum atomic E-state index is -4.14. The molecule has 0 bridgehead atoms. The molecule has 1 N–H and O–H groups in total. The maximum Gasteiger partial charge on any atom is 0.264 e. The van der Waals surface area contributed by atoms with Crippen molar-refractivity contribution in [2.24, 2.45) is 0 Å². The third kappa shape index (κ3) is 7.97. The average molecular weight is 655 g/mol. The largest absolute Gasteiger partial charge is 0.354 e. The maximum absolute atomic E-state index is 13.9. The van der Waals surface area contributed by atoms with Crippen LogP contribution in [0, 0.1) is 6.92 Å². The summed E-state index contributed by atoms with van der Waals surface area (Å²) < 4.78 is 29.4. The molecule has 11 heteroatoms. The molecule has 7 nitrogen and oxygen atoms in total. The number of carbonyl (C=O) groups excluding carboxylic acids is 2. The number of halogens is 3. The Morgan fingerprint density at radius 1 is 1.03 bits per heavy atom. The van der Waals surface area contributed by atoms with E-state index in [1.165, 1.54) is 17.0 Å². The number of benzene rings is 3. The molecule has 2 amide bonds. The maximum atomic E-state index is 13.9. The number of rotatable bonds is 11. The van der Waals surface area contributed by atoms with E-state index in [4.69, 9.17) is 23.2 Å². The van der Waals surface area contributed by atoms with Gasteiger partial charge in [0.2, 0.25) is 11.8 Å². The third-order valence-electron chi connectivity index (χ3n) is 6.06.